The third-order valence-electron chi connectivity index (χ3n) is 2.69. The SMILES string of the molecule is O=C(O)c1ccc(F)c(NC(=O)C2CCCS2)c1. The van der Waals surface area contributed by atoms with Crippen molar-refractivity contribution in [3.8, 4) is 0 Å². The van der Waals surface area contributed by atoms with Gasteiger partial charge in [-0.05, 0) is 36.8 Å². The van der Waals surface area contributed by atoms with E-state index in [1.54, 1.807) is 0 Å². The number of halogens is 1. The molecule has 6 heteroatoms. The van der Waals surface area contributed by atoms with E-state index in [2.05, 4.69) is 5.32 Å². The zero-order valence-corrected chi connectivity index (χ0v) is 10.3. The maximum Gasteiger partial charge on any atom is 0.335 e. The molecule has 0 radical (unpaired) electrons. The van der Waals surface area contributed by atoms with Crippen LogP contribution in [-0.2, 0) is 4.79 Å². The summed E-state index contributed by atoms with van der Waals surface area (Å²) in [5.41, 5.74) is -0.127. The minimum absolute atomic E-state index is 0.0502. The molecule has 1 aromatic carbocycles. The summed E-state index contributed by atoms with van der Waals surface area (Å²) in [6, 6.07) is 3.34. The number of carboxylic acid groups (broad SMARTS) is 1. The van der Waals surface area contributed by atoms with Gasteiger partial charge in [-0.15, -0.1) is 11.8 Å². The van der Waals surface area contributed by atoms with Gasteiger partial charge in [-0.1, -0.05) is 0 Å². The van der Waals surface area contributed by atoms with Crippen LogP contribution in [0.1, 0.15) is 23.2 Å². The van der Waals surface area contributed by atoms with Gasteiger partial charge < -0.3 is 10.4 Å². The zero-order chi connectivity index (χ0) is 13.1. The molecular weight excluding hydrogens is 257 g/mol. The highest BCUT2D eigenvalue weighted by Gasteiger charge is 2.24. The van der Waals surface area contributed by atoms with E-state index in [9.17, 15) is 14.0 Å². The normalized spacial score (nSPS) is 18.6. The molecule has 1 atom stereocenters. The predicted molar refractivity (Wildman–Crippen MR) is 67.5 cm³/mol. The van der Waals surface area contributed by atoms with E-state index in [0.29, 0.717) is 0 Å². The van der Waals surface area contributed by atoms with Gasteiger partial charge in [0.15, 0.2) is 0 Å². The minimum atomic E-state index is -1.15. The third-order valence-corrected chi connectivity index (χ3v) is 4.07. The van der Waals surface area contributed by atoms with Crippen molar-refractivity contribution in [2.75, 3.05) is 11.1 Å². The first-order chi connectivity index (χ1) is 8.58. The summed E-state index contributed by atoms with van der Waals surface area (Å²) in [5, 5.41) is 11.1. The van der Waals surface area contributed by atoms with Gasteiger partial charge in [-0.25, -0.2) is 9.18 Å². The number of anilines is 1. The van der Waals surface area contributed by atoms with Gasteiger partial charge >= 0.3 is 5.97 Å². The molecule has 1 saturated heterocycles. The first-order valence-electron chi connectivity index (χ1n) is 5.53. The Balaban J connectivity index is 2.14. The van der Waals surface area contributed by atoms with Crippen molar-refractivity contribution in [3.63, 3.8) is 0 Å². The molecule has 4 nitrogen and oxygen atoms in total. The molecule has 1 amide bonds. The number of hydrogen-bond acceptors (Lipinski definition) is 3. The van der Waals surface area contributed by atoms with E-state index < -0.39 is 11.8 Å². The fraction of sp³-hybridized carbons (Fsp3) is 0.333. The average molecular weight is 269 g/mol. The van der Waals surface area contributed by atoms with E-state index in [-0.39, 0.29) is 22.4 Å². The van der Waals surface area contributed by atoms with Gasteiger partial charge in [-0.2, -0.15) is 0 Å². The van der Waals surface area contributed by atoms with Gasteiger partial charge in [0.1, 0.15) is 5.82 Å². The molecule has 2 N–H and O–H groups in total. The van der Waals surface area contributed by atoms with Crippen molar-refractivity contribution < 1.29 is 19.1 Å². The highest BCUT2D eigenvalue weighted by atomic mass is 32.2. The van der Waals surface area contributed by atoms with Crippen LogP contribution >= 0.6 is 11.8 Å². The molecule has 18 heavy (non-hydrogen) atoms. The predicted octanol–water partition coefficient (Wildman–Crippen LogP) is 2.36. The Bertz CT molecular complexity index is 486. The van der Waals surface area contributed by atoms with Crippen molar-refractivity contribution in [2.24, 2.45) is 0 Å². The molecule has 2 rings (SSSR count). The summed E-state index contributed by atoms with van der Waals surface area (Å²) in [6.45, 7) is 0. The molecule has 1 heterocycles. The van der Waals surface area contributed by atoms with E-state index in [4.69, 9.17) is 5.11 Å². The molecule has 0 aliphatic carbocycles. The highest BCUT2D eigenvalue weighted by Crippen LogP contribution is 2.27. The van der Waals surface area contributed by atoms with Crippen molar-refractivity contribution in [1.82, 2.24) is 0 Å². The monoisotopic (exact) mass is 269 g/mol. The smallest absolute Gasteiger partial charge is 0.335 e. The molecular formula is C12H12FNO3S. The number of thioether (sulfide) groups is 1. The van der Waals surface area contributed by atoms with Crippen LogP contribution in [0.15, 0.2) is 18.2 Å². The fourth-order valence-electron chi connectivity index (χ4n) is 1.75. The van der Waals surface area contributed by atoms with Crippen LogP contribution in [0.2, 0.25) is 0 Å². The lowest BCUT2D eigenvalue weighted by molar-refractivity contribution is -0.115. The van der Waals surface area contributed by atoms with Crippen molar-refractivity contribution in [2.45, 2.75) is 18.1 Å². The number of benzene rings is 1. The van der Waals surface area contributed by atoms with Crippen molar-refractivity contribution in [3.05, 3.63) is 29.6 Å². The topological polar surface area (TPSA) is 66.4 Å². The second-order valence-corrected chi connectivity index (χ2v) is 5.30. The van der Waals surface area contributed by atoms with Crippen LogP contribution in [0, 0.1) is 5.82 Å². The Hall–Kier alpha value is -1.56. The molecule has 0 saturated carbocycles. The largest absolute Gasteiger partial charge is 0.478 e. The van der Waals surface area contributed by atoms with Gasteiger partial charge in [0, 0.05) is 0 Å². The van der Waals surface area contributed by atoms with Crippen LogP contribution < -0.4 is 5.32 Å². The third kappa shape index (κ3) is 2.81. The summed E-state index contributed by atoms with van der Waals surface area (Å²) in [4.78, 5) is 22.6. The molecule has 1 aliphatic rings. The molecule has 1 aliphatic heterocycles. The molecule has 1 fully saturated rings. The second-order valence-electron chi connectivity index (χ2n) is 3.99. The lowest BCUT2D eigenvalue weighted by atomic mass is 10.2. The number of aromatic carboxylic acids is 1. The van der Waals surface area contributed by atoms with Crippen molar-refractivity contribution in [1.29, 1.82) is 0 Å². The number of amides is 1. The molecule has 0 spiro atoms. The Morgan fingerprint density at radius 1 is 1.44 bits per heavy atom. The van der Waals surface area contributed by atoms with Gasteiger partial charge in [0.05, 0.1) is 16.5 Å². The van der Waals surface area contributed by atoms with Crippen LogP contribution in [0.5, 0.6) is 0 Å². The second kappa shape index (κ2) is 5.39. The number of hydrogen-bond donors (Lipinski definition) is 2. The standard InChI is InChI=1S/C12H12FNO3S/c13-8-4-3-7(12(16)17)6-9(8)14-11(15)10-2-1-5-18-10/h3-4,6,10H,1-2,5H2,(H,14,15)(H,16,17). The first kappa shape index (κ1) is 12.9. The highest BCUT2D eigenvalue weighted by molar-refractivity contribution is 8.00. The summed E-state index contributed by atoms with van der Waals surface area (Å²) in [7, 11) is 0. The van der Waals surface area contributed by atoms with Gasteiger partial charge in [0.2, 0.25) is 5.91 Å². The lowest BCUT2D eigenvalue weighted by Crippen LogP contribution is -2.23. The van der Waals surface area contributed by atoms with Crippen LogP contribution in [0.4, 0.5) is 10.1 Å². The Kier molecular flexibility index (Phi) is 3.86. The minimum Gasteiger partial charge on any atom is -0.478 e. The molecule has 1 unspecified atom stereocenters. The van der Waals surface area contributed by atoms with E-state index in [1.165, 1.54) is 11.8 Å². The number of rotatable bonds is 3. The molecule has 0 aromatic heterocycles. The molecule has 0 bridgehead atoms. The van der Waals surface area contributed by atoms with Crippen molar-refractivity contribution >= 4 is 29.3 Å². The van der Waals surface area contributed by atoms with Crippen LogP contribution in [-0.4, -0.2) is 28.0 Å². The number of nitrogens with one attached hydrogen (secondary N) is 1. The molecule has 96 valence electrons. The van der Waals surface area contributed by atoms with E-state index in [1.807, 2.05) is 0 Å². The number of carboxylic acids is 1. The first-order valence-corrected chi connectivity index (χ1v) is 6.58. The van der Waals surface area contributed by atoms with Gasteiger partial charge in [0.25, 0.3) is 0 Å². The molecule has 1 aromatic rings. The summed E-state index contributed by atoms with van der Waals surface area (Å²) < 4.78 is 13.5. The Morgan fingerprint density at radius 3 is 2.83 bits per heavy atom. The maximum atomic E-state index is 13.5. The maximum absolute atomic E-state index is 13.5. The van der Waals surface area contributed by atoms with E-state index in [0.717, 1.165) is 36.8 Å². The number of carbonyl (C=O) groups is 2. The number of carbonyl (C=O) groups excluding carboxylic acids is 1. The summed E-state index contributed by atoms with van der Waals surface area (Å²) in [5.74, 6) is -1.12. The van der Waals surface area contributed by atoms with Gasteiger partial charge in [-0.3, -0.25) is 4.79 Å². The fourth-order valence-corrected chi connectivity index (χ4v) is 2.91. The van der Waals surface area contributed by atoms with Crippen LogP contribution in [0.25, 0.3) is 0 Å². The average Bonchev–Trinajstić information content (AvgIpc) is 2.85. The lowest BCUT2D eigenvalue weighted by Gasteiger charge is -2.11. The Labute approximate surface area is 108 Å². The zero-order valence-electron chi connectivity index (χ0n) is 9.48. The van der Waals surface area contributed by atoms with E-state index >= 15 is 0 Å². The van der Waals surface area contributed by atoms with Crippen LogP contribution in [0.3, 0.4) is 0 Å². The summed E-state index contributed by atoms with van der Waals surface area (Å²) >= 11 is 1.54. The summed E-state index contributed by atoms with van der Waals surface area (Å²) in [6.07, 6.45) is 1.75. The quantitative estimate of drug-likeness (QED) is 0.884. The Morgan fingerprint density at radius 2 is 2.22 bits per heavy atom.